The van der Waals surface area contributed by atoms with Gasteiger partial charge in [-0.05, 0) is 24.5 Å². The molecule has 19 heavy (non-hydrogen) atoms. The molecule has 0 radical (unpaired) electrons. The number of nitriles is 1. The molecule has 2 unspecified atom stereocenters. The maximum absolute atomic E-state index is 12.4. The molecule has 2 heterocycles. The van der Waals surface area contributed by atoms with Gasteiger partial charge in [0.1, 0.15) is 5.78 Å². The fourth-order valence-corrected chi connectivity index (χ4v) is 3.73. The quantitative estimate of drug-likeness (QED) is 0.909. The first-order chi connectivity index (χ1) is 9.22. The van der Waals surface area contributed by atoms with Gasteiger partial charge in [0.15, 0.2) is 0 Å². The molecule has 96 valence electrons. The molecule has 0 saturated heterocycles. The minimum Gasteiger partial charge on any atom is -0.393 e. The summed E-state index contributed by atoms with van der Waals surface area (Å²) in [6.45, 7) is 0. The zero-order valence-corrected chi connectivity index (χ0v) is 11.1. The smallest absolute Gasteiger partial charge is 0.150 e. The van der Waals surface area contributed by atoms with Gasteiger partial charge >= 0.3 is 0 Å². The van der Waals surface area contributed by atoms with Crippen molar-refractivity contribution in [1.82, 2.24) is 4.98 Å². The van der Waals surface area contributed by atoms with E-state index in [9.17, 15) is 10.1 Å². The summed E-state index contributed by atoms with van der Waals surface area (Å²) in [7, 11) is 0. The Kier molecular flexibility index (Phi) is 3.03. The minimum absolute atomic E-state index is 0.169. The summed E-state index contributed by atoms with van der Waals surface area (Å²) < 4.78 is 0. The van der Waals surface area contributed by atoms with Crippen LogP contribution in [0.3, 0.4) is 0 Å². The predicted molar refractivity (Wildman–Crippen MR) is 72.9 cm³/mol. The van der Waals surface area contributed by atoms with Crippen LogP contribution >= 0.6 is 11.8 Å². The van der Waals surface area contributed by atoms with E-state index in [1.807, 2.05) is 12.1 Å². The highest BCUT2D eigenvalue weighted by Gasteiger charge is 2.45. The van der Waals surface area contributed by atoms with Crippen LogP contribution in [0.4, 0.5) is 0 Å². The number of rotatable bonds is 3. The summed E-state index contributed by atoms with van der Waals surface area (Å²) in [5, 5.41) is 9.51. The first-order valence-corrected chi connectivity index (χ1v) is 7.10. The van der Waals surface area contributed by atoms with Gasteiger partial charge in [0.05, 0.1) is 21.9 Å². The first-order valence-electron chi connectivity index (χ1n) is 6.22. The fraction of sp³-hybridized carbons (Fsp3) is 0.357. The predicted octanol–water partition coefficient (Wildman–Crippen LogP) is 1.95. The Bertz CT molecular complexity index is 586. The number of Topliss-reactive ketones (excluding diaryl/α,β-unsaturated/α-hetero) is 1. The van der Waals surface area contributed by atoms with Crippen LogP contribution in [0.15, 0.2) is 35.1 Å². The summed E-state index contributed by atoms with van der Waals surface area (Å²) in [6.07, 6.45) is 5.34. The second-order valence-corrected chi connectivity index (χ2v) is 6.05. The number of ketones is 1. The highest BCUT2D eigenvalue weighted by molar-refractivity contribution is 8.04. The average Bonchev–Trinajstić information content (AvgIpc) is 3.22. The minimum atomic E-state index is -0.258. The largest absolute Gasteiger partial charge is 0.393 e. The van der Waals surface area contributed by atoms with Gasteiger partial charge in [-0.15, -0.1) is 0 Å². The van der Waals surface area contributed by atoms with Crippen LogP contribution in [-0.4, -0.2) is 16.0 Å². The Hall–Kier alpha value is -1.80. The third-order valence-electron chi connectivity index (χ3n) is 3.56. The van der Waals surface area contributed by atoms with Crippen LogP contribution in [0.2, 0.25) is 0 Å². The van der Waals surface area contributed by atoms with E-state index in [2.05, 4.69) is 11.1 Å². The Balaban J connectivity index is 1.99. The molecule has 2 atom stereocenters. The highest BCUT2D eigenvalue weighted by atomic mass is 32.2. The van der Waals surface area contributed by atoms with Crippen LogP contribution in [0.1, 0.15) is 24.3 Å². The highest BCUT2D eigenvalue weighted by Crippen LogP contribution is 2.48. The zero-order chi connectivity index (χ0) is 13.4. The zero-order valence-electron chi connectivity index (χ0n) is 10.2. The molecule has 0 amide bonds. The summed E-state index contributed by atoms with van der Waals surface area (Å²) >= 11 is 1.34. The first kappa shape index (κ1) is 12.2. The number of hydrogen-bond acceptors (Lipinski definition) is 5. The normalized spacial score (nSPS) is 26.3. The number of carbonyl (C=O) groups excluding carboxylic acids is 1. The number of hydrogen-bond donors (Lipinski definition) is 1. The van der Waals surface area contributed by atoms with Crippen LogP contribution in [0.5, 0.6) is 0 Å². The second kappa shape index (κ2) is 4.71. The number of pyridine rings is 1. The Morgan fingerprint density at radius 1 is 1.53 bits per heavy atom. The third kappa shape index (κ3) is 2.13. The summed E-state index contributed by atoms with van der Waals surface area (Å²) in [5.74, 6) is 0.159. The van der Waals surface area contributed by atoms with Crippen molar-refractivity contribution in [2.24, 2.45) is 11.7 Å². The molecule has 1 aromatic heterocycles. The Morgan fingerprint density at radius 2 is 2.32 bits per heavy atom. The van der Waals surface area contributed by atoms with Crippen molar-refractivity contribution in [3.8, 4) is 6.07 Å². The molecule has 1 aliphatic carbocycles. The van der Waals surface area contributed by atoms with Gasteiger partial charge in [-0.3, -0.25) is 9.78 Å². The van der Waals surface area contributed by atoms with Gasteiger partial charge in [-0.25, -0.2) is 0 Å². The van der Waals surface area contributed by atoms with Gasteiger partial charge in [-0.2, -0.15) is 5.26 Å². The van der Waals surface area contributed by atoms with Crippen molar-refractivity contribution >= 4 is 17.5 Å². The third-order valence-corrected chi connectivity index (χ3v) is 4.79. The molecule has 1 aromatic rings. The standard InChI is InChI=1S/C14H13N3OS/c15-6-10-11(9-2-1-5-17-7-9)13(19-14(10)16)12(18)8-3-4-8/h1-2,5,7-8,11,13H,3-4,16H2. The van der Waals surface area contributed by atoms with Crippen LogP contribution in [0.25, 0.3) is 0 Å². The average molecular weight is 271 g/mol. The molecule has 1 saturated carbocycles. The maximum atomic E-state index is 12.4. The molecular weight excluding hydrogens is 258 g/mol. The van der Waals surface area contributed by atoms with E-state index in [4.69, 9.17) is 5.73 Å². The van der Waals surface area contributed by atoms with Crippen molar-refractivity contribution < 1.29 is 4.79 Å². The number of carbonyl (C=O) groups is 1. The van der Waals surface area contributed by atoms with Crippen LogP contribution in [0, 0.1) is 17.2 Å². The van der Waals surface area contributed by atoms with Crippen LogP contribution < -0.4 is 5.73 Å². The number of allylic oxidation sites excluding steroid dienone is 1. The topological polar surface area (TPSA) is 79.8 Å². The Morgan fingerprint density at radius 3 is 2.89 bits per heavy atom. The summed E-state index contributed by atoms with van der Waals surface area (Å²) in [5.41, 5.74) is 7.32. The van der Waals surface area contributed by atoms with E-state index in [1.54, 1.807) is 12.4 Å². The Labute approximate surface area is 115 Å². The van der Waals surface area contributed by atoms with E-state index < -0.39 is 0 Å². The molecule has 0 bridgehead atoms. The molecule has 3 rings (SSSR count). The van der Waals surface area contributed by atoms with E-state index >= 15 is 0 Å². The van der Waals surface area contributed by atoms with E-state index in [0.717, 1.165) is 18.4 Å². The van der Waals surface area contributed by atoms with E-state index in [1.165, 1.54) is 11.8 Å². The van der Waals surface area contributed by atoms with Crippen molar-refractivity contribution in [2.75, 3.05) is 0 Å². The number of aromatic nitrogens is 1. The fourth-order valence-electron chi connectivity index (χ4n) is 2.42. The number of thioether (sulfide) groups is 1. The van der Waals surface area contributed by atoms with Gasteiger partial charge in [-0.1, -0.05) is 17.8 Å². The molecule has 2 aliphatic rings. The van der Waals surface area contributed by atoms with Gasteiger partial charge < -0.3 is 5.73 Å². The molecule has 5 heteroatoms. The molecule has 1 fully saturated rings. The summed E-state index contributed by atoms with van der Waals surface area (Å²) in [4.78, 5) is 16.4. The number of nitrogens with zero attached hydrogens (tertiary/aromatic N) is 2. The molecular formula is C14H13N3OS. The molecule has 0 aromatic carbocycles. The van der Waals surface area contributed by atoms with Gasteiger partial charge in [0.25, 0.3) is 0 Å². The molecule has 0 spiro atoms. The lowest BCUT2D eigenvalue weighted by Crippen LogP contribution is -2.24. The lowest BCUT2D eigenvalue weighted by Gasteiger charge is -2.18. The molecule has 1 aliphatic heterocycles. The monoisotopic (exact) mass is 271 g/mol. The summed E-state index contributed by atoms with van der Waals surface area (Å²) in [6, 6.07) is 5.89. The lowest BCUT2D eigenvalue weighted by atomic mass is 9.87. The molecule has 2 N–H and O–H groups in total. The van der Waals surface area contributed by atoms with Crippen molar-refractivity contribution in [3.05, 3.63) is 40.7 Å². The number of nitrogens with two attached hydrogens (primary N) is 1. The van der Waals surface area contributed by atoms with Crippen molar-refractivity contribution in [2.45, 2.75) is 24.0 Å². The van der Waals surface area contributed by atoms with Crippen molar-refractivity contribution in [1.29, 1.82) is 5.26 Å². The van der Waals surface area contributed by atoms with Gasteiger partial charge in [0.2, 0.25) is 0 Å². The lowest BCUT2D eigenvalue weighted by molar-refractivity contribution is -0.119. The second-order valence-electron chi connectivity index (χ2n) is 4.87. The molecule has 4 nitrogen and oxygen atoms in total. The van der Waals surface area contributed by atoms with E-state index in [-0.39, 0.29) is 22.9 Å². The van der Waals surface area contributed by atoms with Crippen LogP contribution in [-0.2, 0) is 4.79 Å². The van der Waals surface area contributed by atoms with Gasteiger partial charge in [0, 0.05) is 24.2 Å². The van der Waals surface area contributed by atoms with Crippen molar-refractivity contribution in [3.63, 3.8) is 0 Å². The SMILES string of the molecule is N#CC1=C(N)SC(C(=O)C2CC2)C1c1cccnc1. The maximum Gasteiger partial charge on any atom is 0.150 e. The van der Waals surface area contributed by atoms with E-state index in [0.29, 0.717) is 10.6 Å².